The van der Waals surface area contributed by atoms with Gasteiger partial charge in [-0.3, -0.25) is 4.79 Å². The number of rotatable bonds is 4. The van der Waals surface area contributed by atoms with E-state index in [9.17, 15) is 4.79 Å². The SMILES string of the molecule is CCC1(C(=O)N(C)Cc2cc(Br)cs2)CCNCC1. The number of nitrogens with zero attached hydrogens (tertiary/aromatic N) is 1. The lowest BCUT2D eigenvalue weighted by Gasteiger charge is -2.38. The Hall–Kier alpha value is -0.390. The van der Waals surface area contributed by atoms with E-state index in [0.29, 0.717) is 12.5 Å². The molecule has 0 atom stereocenters. The molecule has 0 bridgehead atoms. The summed E-state index contributed by atoms with van der Waals surface area (Å²) in [6.07, 6.45) is 2.85. The molecule has 3 nitrogen and oxygen atoms in total. The average Bonchev–Trinajstić information content (AvgIpc) is 2.84. The van der Waals surface area contributed by atoms with Gasteiger partial charge in [-0.15, -0.1) is 11.3 Å². The number of carbonyl (C=O) groups excluding carboxylic acids is 1. The van der Waals surface area contributed by atoms with Gasteiger partial charge in [-0.05, 0) is 54.3 Å². The first-order valence-corrected chi connectivity index (χ1v) is 8.44. The molecule has 0 spiro atoms. The van der Waals surface area contributed by atoms with Crippen molar-refractivity contribution in [3.8, 4) is 0 Å². The lowest BCUT2D eigenvalue weighted by atomic mass is 9.75. The first-order chi connectivity index (χ1) is 9.07. The molecule has 1 fully saturated rings. The van der Waals surface area contributed by atoms with Crippen LogP contribution in [0.2, 0.25) is 0 Å². The minimum absolute atomic E-state index is 0.144. The summed E-state index contributed by atoms with van der Waals surface area (Å²) in [7, 11) is 1.93. The summed E-state index contributed by atoms with van der Waals surface area (Å²) in [6, 6.07) is 2.09. The predicted molar refractivity (Wildman–Crippen MR) is 83.3 cm³/mol. The van der Waals surface area contributed by atoms with Gasteiger partial charge in [0.05, 0.1) is 12.0 Å². The summed E-state index contributed by atoms with van der Waals surface area (Å²) in [5.74, 6) is 0.307. The van der Waals surface area contributed by atoms with Crippen LogP contribution in [-0.2, 0) is 11.3 Å². The van der Waals surface area contributed by atoms with E-state index in [1.54, 1.807) is 11.3 Å². The van der Waals surface area contributed by atoms with Crippen LogP contribution >= 0.6 is 27.3 Å². The molecule has 106 valence electrons. The molecular formula is C14H21BrN2OS. The Kier molecular flexibility index (Phi) is 5.03. The Balaban J connectivity index is 2.04. The van der Waals surface area contributed by atoms with Crippen LogP contribution in [0.3, 0.4) is 0 Å². The van der Waals surface area contributed by atoms with Crippen LogP contribution in [0.25, 0.3) is 0 Å². The minimum Gasteiger partial charge on any atom is -0.340 e. The van der Waals surface area contributed by atoms with Crippen molar-refractivity contribution < 1.29 is 4.79 Å². The number of piperidine rings is 1. The maximum absolute atomic E-state index is 12.8. The number of thiophene rings is 1. The standard InChI is InChI=1S/C14H21BrN2OS/c1-3-14(4-6-16-7-5-14)13(18)17(2)9-12-8-11(15)10-19-12/h8,10,16H,3-7,9H2,1-2H3. The van der Waals surface area contributed by atoms with Crippen LogP contribution in [-0.4, -0.2) is 30.9 Å². The normalized spacial score (nSPS) is 18.3. The van der Waals surface area contributed by atoms with Crippen LogP contribution in [0.4, 0.5) is 0 Å². The number of amides is 1. The number of nitrogens with one attached hydrogen (secondary N) is 1. The maximum atomic E-state index is 12.8. The molecule has 0 saturated carbocycles. The first kappa shape index (κ1) is 15.0. The molecule has 0 unspecified atom stereocenters. The quantitative estimate of drug-likeness (QED) is 0.909. The van der Waals surface area contributed by atoms with Gasteiger partial charge in [-0.2, -0.15) is 0 Å². The molecule has 19 heavy (non-hydrogen) atoms. The van der Waals surface area contributed by atoms with Crippen LogP contribution in [0, 0.1) is 5.41 Å². The minimum atomic E-state index is -0.144. The topological polar surface area (TPSA) is 32.3 Å². The van der Waals surface area contributed by atoms with Gasteiger partial charge in [0.1, 0.15) is 0 Å². The van der Waals surface area contributed by atoms with Crippen molar-refractivity contribution in [1.29, 1.82) is 0 Å². The molecule has 2 rings (SSSR count). The highest BCUT2D eigenvalue weighted by Gasteiger charge is 2.39. The van der Waals surface area contributed by atoms with Crippen LogP contribution in [0.5, 0.6) is 0 Å². The third kappa shape index (κ3) is 3.38. The van der Waals surface area contributed by atoms with Gasteiger partial charge >= 0.3 is 0 Å². The van der Waals surface area contributed by atoms with E-state index in [-0.39, 0.29) is 5.41 Å². The highest BCUT2D eigenvalue weighted by atomic mass is 79.9. The third-order valence-electron chi connectivity index (χ3n) is 4.05. The van der Waals surface area contributed by atoms with Gasteiger partial charge in [0.2, 0.25) is 5.91 Å². The fourth-order valence-corrected chi connectivity index (χ4v) is 4.27. The Bertz CT molecular complexity index is 440. The van der Waals surface area contributed by atoms with Crippen molar-refractivity contribution in [2.45, 2.75) is 32.7 Å². The second-order valence-electron chi connectivity index (χ2n) is 5.28. The van der Waals surface area contributed by atoms with Gasteiger partial charge < -0.3 is 10.2 Å². The largest absolute Gasteiger partial charge is 0.340 e. The van der Waals surface area contributed by atoms with E-state index >= 15 is 0 Å². The molecule has 0 aliphatic carbocycles. The van der Waals surface area contributed by atoms with E-state index < -0.39 is 0 Å². The Morgan fingerprint density at radius 3 is 2.74 bits per heavy atom. The molecule has 1 N–H and O–H groups in total. The Labute approximate surface area is 127 Å². The zero-order valence-electron chi connectivity index (χ0n) is 11.5. The summed E-state index contributed by atoms with van der Waals surface area (Å²) in [5.41, 5.74) is -0.144. The summed E-state index contributed by atoms with van der Waals surface area (Å²) in [5, 5.41) is 5.41. The fraction of sp³-hybridized carbons (Fsp3) is 0.643. The zero-order valence-corrected chi connectivity index (χ0v) is 13.9. The number of halogens is 1. The van der Waals surface area contributed by atoms with Crippen molar-refractivity contribution in [1.82, 2.24) is 10.2 Å². The Morgan fingerprint density at radius 2 is 2.21 bits per heavy atom. The molecule has 1 aromatic heterocycles. The van der Waals surface area contributed by atoms with Gasteiger partial charge in [0.25, 0.3) is 0 Å². The van der Waals surface area contributed by atoms with Crippen LogP contribution < -0.4 is 5.32 Å². The maximum Gasteiger partial charge on any atom is 0.228 e. The van der Waals surface area contributed by atoms with E-state index in [1.807, 2.05) is 11.9 Å². The second-order valence-corrected chi connectivity index (χ2v) is 7.19. The third-order valence-corrected chi connectivity index (χ3v) is 5.73. The number of hydrogen-bond acceptors (Lipinski definition) is 3. The lowest BCUT2D eigenvalue weighted by Crippen LogP contribution is -2.47. The van der Waals surface area contributed by atoms with E-state index in [0.717, 1.165) is 36.8 Å². The van der Waals surface area contributed by atoms with Gasteiger partial charge in [0.15, 0.2) is 0 Å². The van der Waals surface area contributed by atoms with Crippen LogP contribution in [0.1, 0.15) is 31.1 Å². The molecule has 1 aliphatic rings. The lowest BCUT2D eigenvalue weighted by molar-refractivity contribution is -0.143. The van der Waals surface area contributed by atoms with Gasteiger partial charge in [0, 0.05) is 21.8 Å². The van der Waals surface area contributed by atoms with E-state index in [1.165, 1.54) is 4.88 Å². The van der Waals surface area contributed by atoms with Crippen molar-refractivity contribution in [2.24, 2.45) is 5.41 Å². The highest BCUT2D eigenvalue weighted by Crippen LogP contribution is 2.35. The van der Waals surface area contributed by atoms with E-state index in [4.69, 9.17) is 0 Å². The second kappa shape index (κ2) is 6.37. The summed E-state index contributed by atoms with van der Waals surface area (Å²) in [6.45, 7) is 4.76. The molecule has 2 heterocycles. The first-order valence-electron chi connectivity index (χ1n) is 6.76. The van der Waals surface area contributed by atoms with Crippen molar-refractivity contribution in [2.75, 3.05) is 20.1 Å². The molecule has 0 radical (unpaired) electrons. The molecule has 5 heteroatoms. The highest BCUT2D eigenvalue weighted by molar-refractivity contribution is 9.10. The predicted octanol–water partition coefficient (Wildman–Crippen LogP) is 3.25. The Morgan fingerprint density at radius 1 is 1.53 bits per heavy atom. The monoisotopic (exact) mass is 344 g/mol. The molecule has 1 aromatic rings. The molecule has 1 saturated heterocycles. The summed E-state index contributed by atoms with van der Waals surface area (Å²) in [4.78, 5) is 15.9. The van der Waals surface area contributed by atoms with Gasteiger partial charge in [-0.1, -0.05) is 6.92 Å². The summed E-state index contributed by atoms with van der Waals surface area (Å²) >= 11 is 5.15. The van der Waals surface area contributed by atoms with Crippen molar-refractivity contribution in [3.63, 3.8) is 0 Å². The smallest absolute Gasteiger partial charge is 0.228 e. The fourth-order valence-electron chi connectivity index (χ4n) is 2.77. The number of hydrogen-bond donors (Lipinski definition) is 1. The zero-order chi connectivity index (χ0) is 13.9. The van der Waals surface area contributed by atoms with Crippen LogP contribution in [0.15, 0.2) is 15.9 Å². The number of carbonyl (C=O) groups is 1. The van der Waals surface area contributed by atoms with E-state index in [2.05, 4.69) is 39.6 Å². The molecular weight excluding hydrogens is 324 g/mol. The van der Waals surface area contributed by atoms with Crippen molar-refractivity contribution >= 4 is 33.2 Å². The van der Waals surface area contributed by atoms with Crippen molar-refractivity contribution in [3.05, 3.63) is 20.8 Å². The van der Waals surface area contributed by atoms with Gasteiger partial charge in [-0.25, -0.2) is 0 Å². The molecule has 0 aromatic carbocycles. The summed E-state index contributed by atoms with van der Waals surface area (Å²) < 4.78 is 1.10. The average molecular weight is 345 g/mol. The molecule has 1 aliphatic heterocycles. The molecule has 1 amide bonds.